The monoisotopic (exact) mass is 1030 g/mol. The van der Waals surface area contributed by atoms with E-state index in [1.807, 2.05) is 43.6 Å². The van der Waals surface area contributed by atoms with E-state index in [1.54, 1.807) is 28.4 Å². The van der Waals surface area contributed by atoms with Gasteiger partial charge in [-0.1, -0.05) is 35.4 Å². The Bertz CT molecular complexity index is 1860. The third-order valence-corrected chi connectivity index (χ3v) is 16.5. The van der Waals surface area contributed by atoms with E-state index in [0.717, 1.165) is 23.9 Å². The maximum absolute atomic E-state index is 8.40. The van der Waals surface area contributed by atoms with Crippen molar-refractivity contribution in [3.63, 3.8) is 0 Å². The average molecular weight is 1030 g/mol. The van der Waals surface area contributed by atoms with Gasteiger partial charge in [0, 0.05) is 44.2 Å². The zero-order chi connectivity index (χ0) is 45.8. The van der Waals surface area contributed by atoms with E-state index < -0.39 is 49.5 Å². The molecule has 0 bridgehead atoms. The first-order chi connectivity index (χ1) is 28.3. The van der Waals surface area contributed by atoms with Crippen molar-refractivity contribution in [1.29, 1.82) is 0 Å². The van der Waals surface area contributed by atoms with E-state index in [9.17, 15) is 0 Å². The van der Waals surface area contributed by atoms with Gasteiger partial charge in [-0.25, -0.2) is 0 Å². The fraction of sp³-hybridized carbons (Fsp3) is 0.500. The molecule has 20 heteroatoms. The standard InChI is InChI=1S/C25H37N2O2Si.C15H24O5Si.2ClH.2O2Si.Ru/c1-17-10-19(3)24(20(4)11-17)26-14-23(15-30(9,28-7)29-8)27(16-26)25-21(5)12-18(2)13-22(25)6;1-7-19-21(16-5,17-6)11-18-14-8-9-15(13(4)10-14)20-12(2)3;;;2*1-3-2;/h10-13,16,23H,14-15H2,1-9H3;4,8-10,12H,7,11H2,1-3,5-6H3;2*1H;;;/q-1;;;;;;+2/p-2. The van der Waals surface area contributed by atoms with Gasteiger partial charge in [0.2, 0.25) is 0 Å². The van der Waals surface area contributed by atoms with Crippen LogP contribution in [0, 0.1) is 48.2 Å². The van der Waals surface area contributed by atoms with Crippen molar-refractivity contribution >= 4 is 71.3 Å². The number of benzene rings is 3. The molecule has 4 rings (SSSR count). The molecule has 0 spiro atoms. The zero-order valence-corrected chi connectivity index (χ0v) is 44.4. The summed E-state index contributed by atoms with van der Waals surface area (Å²) < 4.78 is 75.3. The summed E-state index contributed by atoms with van der Waals surface area (Å²) >= 11 is -1.99. The summed E-state index contributed by atoms with van der Waals surface area (Å²) in [5.74, 6) is 1.37. The maximum atomic E-state index is 8.40. The number of rotatable bonds is 16. The normalized spacial score (nSPS) is 13.8. The van der Waals surface area contributed by atoms with Gasteiger partial charge in [-0.05, 0) is 70.3 Å². The number of nitrogens with zero attached hydrogens (tertiary/aromatic N) is 2. The van der Waals surface area contributed by atoms with E-state index in [-0.39, 0.29) is 12.3 Å². The van der Waals surface area contributed by atoms with Gasteiger partial charge in [0.15, 0.2) is 0 Å². The molecule has 3 aromatic rings. The van der Waals surface area contributed by atoms with Gasteiger partial charge < -0.3 is 18.7 Å². The second-order valence-electron chi connectivity index (χ2n) is 14.2. The molecule has 0 aliphatic carbocycles. The minimum atomic E-state index is -2.82. The van der Waals surface area contributed by atoms with Crippen LogP contribution in [0.1, 0.15) is 59.7 Å². The van der Waals surface area contributed by atoms with Crippen LogP contribution < -0.4 is 19.3 Å². The van der Waals surface area contributed by atoms with Crippen LogP contribution in [0.2, 0.25) is 12.6 Å². The smallest absolute Gasteiger partial charge is 0.501 e. The van der Waals surface area contributed by atoms with Crippen LogP contribution in [0.4, 0.5) is 11.4 Å². The Morgan fingerprint density at radius 3 is 1.72 bits per heavy atom. The molecule has 1 atom stereocenters. The molecule has 0 amide bonds. The molecule has 1 unspecified atom stereocenters. The summed E-state index contributed by atoms with van der Waals surface area (Å²) in [5, 5.41) is 0. The van der Waals surface area contributed by atoms with E-state index in [0.29, 0.717) is 18.4 Å². The molecule has 1 aliphatic rings. The number of ether oxygens (including phenoxy) is 2. The molecule has 0 aromatic heterocycles. The number of halogens is 2. The first-order valence-corrected chi connectivity index (χ1v) is 30.5. The molecule has 0 saturated carbocycles. The van der Waals surface area contributed by atoms with Crippen LogP contribution in [0.5, 0.6) is 11.5 Å². The van der Waals surface area contributed by atoms with Gasteiger partial charge in [0.25, 0.3) is 0 Å². The topological polar surface area (TPSA) is 139 Å². The predicted molar refractivity (Wildman–Crippen MR) is 240 cm³/mol. The average Bonchev–Trinajstić information content (AvgIpc) is 3.55. The fourth-order valence-electron chi connectivity index (χ4n) is 6.93. The second-order valence-corrected chi connectivity index (χ2v) is 26.5. The Kier molecular flexibility index (Phi) is 25.8. The summed E-state index contributed by atoms with van der Waals surface area (Å²) in [4.78, 5) is 4.89. The van der Waals surface area contributed by atoms with Gasteiger partial charge in [0.05, 0.1) is 0 Å². The van der Waals surface area contributed by atoms with Crippen molar-refractivity contribution in [3.8, 4) is 11.5 Å². The first kappa shape index (κ1) is 55.8. The minimum Gasteiger partial charge on any atom is -0.501 e. The molecule has 60 heavy (non-hydrogen) atoms. The van der Waals surface area contributed by atoms with Crippen LogP contribution in [0.3, 0.4) is 0 Å². The summed E-state index contributed by atoms with van der Waals surface area (Å²) in [7, 11) is 10.8. The number of aryl methyl sites for hydroxylation is 6. The number of hydrogen-bond donors (Lipinski definition) is 0. The Labute approximate surface area is 376 Å². The Morgan fingerprint density at radius 1 is 0.817 bits per heavy atom. The third kappa shape index (κ3) is 17.5. The Hall–Kier alpha value is -2.20. The largest absolute Gasteiger partial charge is 0.549 e. The molecular weight excluding hydrogens is 969 g/mol. The van der Waals surface area contributed by atoms with Crippen molar-refractivity contribution in [3.05, 3.63) is 88.1 Å². The van der Waals surface area contributed by atoms with E-state index in [1.165, 1.54) is 44.8 Å². The molecule has 1 fully saturated rings. The molecule has 1 aliphatic heterocycles. The summed E-state index contributed by atoms with van der Waals surface area (Å²) in [6.45, 7) is 24.9. The molecule has 0 N–H and O–H groups in total. The van der Waals surface area contributed by atoms with E-state index in [2.05, 4.69) is 88.8 Å². The van der Waals surface area contributed by atoms with Crippen LogP contribution in [0.15, 0.2) is 42.5 Å². The molecule has 1 saturated heterocycles. The Morgan fingerprint density at radius 2 is 1.30 bits per heavy atom. The van der Waals surface area contributed by atoms with Crippen LogP contribution in [-0.2, 0) is 53.5 Å². The summed E-state index contributed by atoms with van der Waals surface area (Å²) in [5.41, 5.74) is 11.3. The predicted octanol–water partition coefficient (Wildman–Crippen LogP) is 8.22. The zero-order valence-electron chi connectivity index (χ0n) is 37.2. The molecular formula is C40H61Cl2N2O11RuSi4-. The maximum Gasteiger partial charge on any atom is 0.549 e. The summed E-state index contributed by atoms with van der Waals surface area (Å²) in [6, 6.07) is 15.8. The van der Waals surface area contributed by atoms with Gasteiger partial charge in [0.1, 0.15) is 0 Å². The quantitative estimate of drug-likeness (QED) is 0.101. The van der Waals surface area contributed by atoms with Crippen molar-refractivity contribution in [2.45, 2.75) is 87.1 Å². The minimum absolute atomic E-state index is 0.0511. The van der Waals surface area contributed by atoms with Gasteiger partial charge in [-0.3, -0.25) is 17.8 Å². The number of anilines is 2. The molecule has 3 aromatic carbocycles. The third-order valence-electron chi connectivity index (χ3n) is 9.28. The van der Waals surface area contributed by atoms with Gasteiger partial charge >= 0.3 is 185 Å². The summed E-state index contributed by atoms with van der Waals surface area (Å²) in [6.07, 6.45) is 0.260. The second kappa shape index (κ2) is 27.8. The van der Waals surface area contributed by atoms with Crippen LogP contribution in [0.25, 0.3) is 0 Å². The van der Waals surface area contributed by atoms with Crippen molar-refractivity contribution in [1.82, 2.24) is 0 Å². The number of hydrogen-bond acceptors (Lipinski definition) is 13. The van der Waals surface area contributed by atoms with Crippen molar-refractivity contribution < 1.29 is 63.0 Å². The Balaban J connectivity index is 0.000000541. The van der Waals surface area contributed by atoms with Crippen LogP contribution in [-0.4, -0.2) is 101 Å². The van der Waals surface area contributed by atoms with Crippen molar-refractivity contribution in [2.24, 2.45) is 0 Å². The first-order valence-electron chi connectivity index (χ1n) is 18.9. The van der Waals surface area contributed by atoms with Crippen molar-refractivity contribution in [2.75, 3.05) is 57.6 Å². The van der Waals surface area contributed by atoms with Crippen LogP contribution >= 0.6 is 19.4 Å². The molecule has 0 radical (unpaired) electrons. The molecule has 1 heterocycles. The van der Waals surface area contributed by atoms with Gasteiger partial charge in [-0.2, -0.15) is 6.67 Å². The fourth-order valence-corrected chi connectivity index (χ4v) is 11.9. The molecule has 13 nitrogen and oxygen atoms in total. The van der Waals surface area contributed by atoms with Gasteiger partial charge in [-0.15, -0.1) is 0 Å². The van der Waals surface area contributed by atoms with E-state index >= 15 is 0 Å². The SMILES string of the molecule is CCO[Si](COc1ccc(OC(C)C)c([CH]=[Ru]([Cl])[Cl])c1)(OC)OC.CO[Si](C)(CC1CN(c2c(C)cc(C)cc2C)[CH-]N1c1c(C)cc(C)cc1C)OC.O=[Si]=O.O=[Si]=O. The van der Waals surface area contributed by atoms with E-state index in [4.69, 9.17) is 68.8 Å². The molecule has 336 valence electrons.